The van der Waals surface area contributed by atoms with Crippen LogP contribution in [-0.4, -0.2) is 37.2 Å². The minimum atomic E-state index is -0.763. The summed E-state index contributed by atoms with van der Waals surface area (Å²) in [5, 5.41) is 0. The van der Waals surface area contributed by atoms with Gasteiger partial charge in [0.25, 0.3) is 0 Å². The molecule has 0 saturated carbocycles. The fourth-order valence-corrected chi connectivity index (χ4v) is 8.08. The second-order valence-electron chi connectivity index (χ2n) is 19.7. The van der Waals surface area contributed by atoms with Gasteiger partial charge in [-0.2, -0.15) is 0 Å². The third-order valence-electron chi connectivity index (χ3n) is 12.5. The first kappa shape index (κ1) is 58.4. The minimum Gasteiger partial charge on any atom is -0.462 e. The first-order chi connectivity index (χ1) is 29.1. The van der Waals surface area contributed by atoms with Gasteiger partial charge in [-0.3, -0.25) is 14.4 Å². The van der Waals surface area contributed by atoms with Gasteiger partial charge in [-0.15, -0.1) is 0 Å². The summed E-state index contributed by atoms with van der Waals surface area (Å²) in [6.45, 7) is 13.7. The molecule has 60 heavy (non-hydrogen) atoms. The van der Waals surface area contributed by atoms with Gasteiger partial charge in [-0.25, -0.2) is 0 Å². The van der Waals surface area contributed by atoms with Crippen LogP contribution >= 0.6 is 0 Å². The molecule has 0 N–H and O–H groups in total. The Balaban J connectivity index is 4.25. The van der Waals surface area contributed by atoms with Crippen LogP contribution in [0.4, 0.5) is 0 Å². The highest BCUT2D eigenvalue weighted by atomic mass is 16.6. The van der Waals surface area contributed by atoms with E-state index in [4.69, 9.17) is 14.2 Å². The lowest BCUT2D eigenvalue weighted by molar-refractivity contribution is -0.167. The van der Waals surface area contributed by atoms with Crippen molar-refractivity contribution < 1.29 is 28.6 Å². The molecule has 0 heterocycles. The first-order valence-corrected chi connectivity index (χ1v) is 26.6. The van der Waals surface area contributed by atoms with Crippen molar-refractivity contribution in [3.05, 3.63) is 0 Å². The molecule has 0 aliphatic heterocycles. The van der Waals surface area contributed by atoms with Crippen molar-refractivity contribution in [2.75, 3.05) is 13.2 Å². The molecule has 0 fully saturated rings. The van der Waals surface area contributed by atoms with Crippen LogP contribution in [0, 0.1) is 17.8 Å². The molecule has 0 saturated heterocycles. The number of ether oxygens (including phenoxy) is 3. The summed E-state index contributed by atoms with van der Waals surface area (Å²) in [6.07, 6.45) is 45.2. The maximum absolute atomic E-state index is 12.8. The fraction of sp³-hybridized carbons (Fsp3) is 0.944. The normalized spacial score (nSPS) is 12.6. The van der Waals surface area contributed by atoms with E-state index in [2.05, 4.69) is 41.5 Å². The molecular formula is C54H104O6. The third-order valence-corrected chi connectivity index (χ3v) is 12.5. The number of esters is 3. The highest BCUT2D eigenvalue weighted by molar-refractivity contribution is 5.71. The molecule has 0 aromatic heterocycles. The van der Waals surface area contributed by atoms with Crippen LogP contribution in [0.3, 0.4) is 0 Å². The lowest BCUT2D eigenvalue weighted by Crippen LogP contribution is -2.30. The van der Waals surface area contributed by atoms with E-state index < -0.39 is 6.10 Å². The minimum absolute atomic E-state index is 0.0651. The molecule has 0 aromatic carbocycles. The zero-order chi connectivity index (χ0) is 44.2. The zero-order valence-corrected chi connectivity index (χ0v) is 41.3. The fourth-order valence-electron chi connectivity index (χ4n) is 8.08. The van der Waals surface area contributed by atoms with E-state index in [1.807, 2.05) is 0 Å². The van der Waals surface area contributed by atoms with Gasteiger partial charge >= 0.3 is 17.9 Å². The molecule has 0 bridgehead atoms. The van der Waals surface area contributed by atoms with Gasteiger partial charge in [0.1, 0.15) is 13.2 Å². The predicted molar refractivity (Wildman–Crippen MR) is 256 cm³/mol. The molecule has 0 aromatic rings. The number of hydrogen-bond donors (Lipinski definition) is 0. The molecule has 2 atom stereocenters. The molecule has 356 valence electrons. The van der Waals surface area contributed by atoms with E-state index in [0.717, 1.165) is 75.5 Å². The average Bonchev–Trinajstić information content (AvgIpc) is 3.22. The summed E-state index contributed by atoms with van der Waals surface area (Å²) in [5.41, 5.74) is 0. The van der Waals surface area contributed by atoms with Gasteiger partial charge in [0.15, 0.2) is 6.10 Å². The van der Waals surface area contributed by atoms with E-state index in [0.29, 0.717) is 19.3 Å². The first-order valence-electron chi connectivity index (χ1n) is 26.6. The van der Waals surface area contributed by atoms with Gasteiger partial charge in [-0.05, 0) is 37.0 Å². The molecule has 6 nitrogen and oxygen atoms in total. The zero-order valence-electron chi connectivity index (χ0n) is 41.3. The number of unbranched alkanes of at least 4 members (excludes halogenated alkanes) is 29. The lowest BCUT2D eigenvalue weighted by atomic mass is 9.99. The Hall–Kier alpha value is -1.59. The van der Waals surface area contributed by atoms with Gasteiger partial charge < -0.3 is 14.2 Å². The maximum atomic E-state index is 12.8. The predicted octanol–water partition coefficient (Wildman–Crippen LogP) is 17.2. The smallest absolute Gasteiger partial charge is 0.306 e. The van der Waals surface area contributed by atoms with Crippen molar-refractivity contribution in [3.8, 4) is 0 Å². The Bertz CT molecular complexity index is 931. The average molecular weight is 849 g/mol. The number of carbonyl (C=O) groups excluding carboxylic acids is 3. The van der Waals surface area contributed by atoms with Crippen LogP contribution < -0.4 is 0 Å². The Labute approximate surface area is 374 Å². The Morgan fingerprint density at radius 3 is 0.867 bits per heavy atom. The van der Waals surface area contributed by atoms with Crippen LogP contribution in [-0.2, 0) is 28.6 Å². The molecule has 0 spiro atoms. The Morgan fingerprint density at radius 2 is 0.583 bits per heavy atom. The van der Waals surface area contributed by atoms with Crippen LogP contribution in [0.15, 0.2) is 0 Å². The van der Waals surface area contributed by atoms with Crippen molar-refractivity contribution in [2.24, 2.45) is 17.8 Å². The van der Waals surface area contributed by atoms with Crippen LogP contribution in [0.25, 0.3) is 0 Å². The Morgan fingerprint density at radius 1 is 0.333 bits per heavy atom. The molecule has 0 aliphatic rings. The van der Waals surface area contributed by atoms with Crippen LogP contribution in [0.2, 0.25) is 0 Å². The summed E-state index contributed by atoms with van der Waals surface area (Å²) < 4.78 is 16.8. The molecule has 0 amide bonds. The van der Waals surface area contributed by atoms with Crippen molar-refractivity contribution >= 4 is 17.9 Å². The highest BCUT2D eigenvalue weighted by Gasteiger charge is 2.19. The molecule has 0 rings (SSSR count). The molecule has 0 radical (unpaired) electrons. The highest BCUT2D eigenvalue weighted by Crippen LogP contribution is 2.18. The molecule has 6 heteroatoms. The maximum Gasteiger partial charge on any atom is 0.306 e. The summed E-state index contributed by atoms with van der Waals surface area (Å²) >= 11 is 0. The largest absolute Gasteiger partial charge is 0.462 e. The summed E-state index contributed by atoms with van der Waals surface area (Å²) in [7, 11) is 0. The quantitative estimate of drug-likeness (QED) is 0.0345. The van der Waals surface area contributed by atoms with Crippen LogP contribution in [0.5, 0.6) is 0 Å². The van der Waals surface area contributed by atoms with Crippen molar-refractivity contribution in [3.63, 3.8) is 0 Å². The number of hydrogen-bond acceptors (Lipinski definition) is 6. The second-order valence-corrected chi connectivity index (χ2v) is 19.7. The summed E-state index contributed by atoms with van der Waals surface area (Å²) in [5.74, 6) is 1.65. The molecular weight excluding hydrogens is 745 g/mol. The van der Waals surface area contributed by atoms with Crippen molar-refractivity contribution in [1.29, 1.82) is 0 Å². The third kappa shape index (κ3) is 45.9. The van der Waals surface area contributed by atoms with Gasteiger partial charge in [0.2, 0.25) is 0 Å². The number of rotatable bonds is 47. The molecule has 0 aliphatic carbocycles. The topological polar surface area (TPSA) is 78.9 Å². The SMILES string of the molecule is CCC(C)CCCCCCCCCCCCCCCCC(=O)OC[C@H](COC(=O)CCCCCCCCCCCCCC(C)C)OC(=O)CCCCCCCCCC(C)C. The number of carbonyl (C=O) groups is 3. The monoisotopic (exact) mass is 849 g/mol. The van der Waals surface area contributed by atoms with Crippen molar-refractivity contribution in [1.82, 2.24) is 0 Å². The van der Waals surface area contributed by atoms with Crippen molar-refractivity contribution in [2.45, 2.75) is 298 Å². The summed E-state index contributed by atoms with van der Waals surface area (Å²) in [4.78, 5) is 37.9. The van der Waals surface area contributed by atoms with Gasteiger partial charge in [-0.1, -0.05) is 253 Å². The van der Waals surface area contributed by atoms with E-state index in [1.165, 1.54) is 173 Å². The van der Waals surface area contributed by atoms with Crippen LogP contribution in [0.1, 0.15) is 292 Å². The summed E-state index contributed by atoms with van der Waals surface area (Å²) in [6, 6.07) is 0. The Kier molecular flexibility index (Phi) is 44.2. The van der Waals surface area contributed by atoms with E-state index in [9.17, 15) is 14.4 Å². The van der Waals surface area contributed by atoms with E-state index in [-0.39, 0.29) is 31.1 Å². The van der Waals surface area contributed by atoms with Gasteiger partial charge in [0, 0.05) is 19.3 Å². The van der Waals surface area contributed by atoms with Gasteiger partial charge in [0.05, 0.1) is 0 Å². The lowest BCUT2D eigenvalue weighted by Gasteiger charge is -2.18. The standard InChI is InChI=1S/C54H104O6/c1-7-50(6)42-36-30-24-18-14-10-8-9-11-15-19-25-31-37-43-52(55)58-46-51(60-54(57)45-39-33-27-21-23-29-35-41-49(4)5)47-59-53(56)44-38-32-26-20-16-12-13-17-22-28-34-40-48(2)3/h48-51H,7-47H2,1-6H3/t50?,51-/m1/s1. The van der Waals surface area contributed by atoms with E-state index in [1.54, 1.807) is 0 Å². The second kappa shape index (κ2) is 45.4. The van der Waals surface area contributed by atoms with E-state index >= 15 is 0 Å². The molecule has 1 unspecified atom stereocenters.